The van der Waals surface area contributed by atoms with Crippen LogP contribution in [0.25, 0.3) is 0 Å². The molecule has 0 aliphatic heterocycles. The molecule has 0 saturated heterocycles. The third kappa shape index (κ3) is 47.0. The SMILES string of the molecule is CC\C=C/C=C\C=C/C=C\C=C/CCCCCC(=O)OC(COC(=O)CCC/C=C\C/C=C\C/C=C\CCCCCCCC)COC(=O)CCCCCCC/C=C\CCCC. The van der Waals surface area contributed by atoms with Crippen molar-refractivity contribution < 1.29 is 28.6 Å². The Bertz CT molecular complexity index is 1290. The Balaban J connectivity index is 4.56. The molecule has 6 nitrogen and oxygen atoms in total. The van der Waals surface area contributed by atoms with Crippen LogP contribution in [0.5, 0.6) is 0 Å². The smallest absolute Gasteiger partial charge is 0.306 e. The number of carbonyl (C=O) groups is 3. The van der Waals surface area contributed by atoms with Gasteiger partial charge in [0, 0.05) is 19.3 Å². The molecule has 0 N–H and O–H groups in total. The lowest BCUT2D eigenvalue weighted by Crippen LogP contribution is -2.30. The predicted octanol–water partition coefficient (Wildman–Crippen LogP) is 16.0. The van der Waals surface area contributed by atoms with Crippen molar-refractivity contribution in [3.8, 4) is 0 Å². The second-order valence-corrected chi connectivity index (χ2v) is 15.8. The molecule has 0 aliphatic carbocycles. The highest BCUT2D eigenvalue weighted by molar-refractivity contribution is 5.71. The van der Waals surface area contributed by atoms with Crippen LogP contribution in [0.15, 0.2) is 109 Å². The summed E-state index contributed by atoms with van der Waals surface area (Å²) in [5, 5.41) is 0. The van der Waals surface area contributed by atoms with E-state index in [0.29, 0.717) is 19.3 Å². The van der Waals surface area contributed by atoms with Gasteiger partial charge in [-0.3, -0.25) is 14.4 Å². The van der Waals surface area contributed by atoms with Crippen LogP contribution < -0.4 is 0 Å². The van der Waals surface area contributed by atoms with E-state index >= 15 is 0 Å². The van der Waals surface area contributed by atoms with Crippen molar-refractivity contribution in [2.75, 3.05) is 13.2 Å². The zero-order chi connectivity index (χ0) is 44.4. The summed E-state index contributed by atoms with van der Waals surface area (Å²) in [6, 6.07) is 0. The van der Waals surface area contributed by atoms with Crippen molar-refractivity contribution in [2.45, 2.75) is 207 Å². The van der Waals surface area contributed by atoms with Gasteiger partial charge in [0.1, 0.15) is 13.2 Å². The van der Waals surface area contributed by atoms with E-state index in [1.807, 2.05) is 48.6 Å². The number of ether oxygens (including phenoxy) is 3. The molecule has 0 saturated carbocycles. The molecule has 0 aliphatic rings. The first-order valence-corrected chi connectivity index (χ1v) is 24.5. The van der Waals surface area contributed by atoms with Gasteiger partial charge in [0.2, 0.25) is 0 Å². The highest BCUT2D eigenvalue weighted by Gasteiger charge is 2.19. The van der Waals surface area contributed by atoms with Crippen molar-refractivity contribution >= 4 is 17.9 Å². The molecule has 0 bridgehead atoms. The predicted molar refractivity (Wildman–Crippen MR) is 260 cm³/mol. The van der Waals surface area contributed by atoms with Gasteiger partial charge in [-0.15, -0.1) is 0 Å². The number of hydrogen-bond donors (Lipinski definition) is 0. The standard InChI is InChI=1S/C55H88O6/c1-4-7-10-13-16-19-22-24-26-27-29-30-33-36-39-42-45-48-54(57)60-51-52(50-59-53(56)47-44-41-38-35-32-21-18-15-12-9-6-3)61-55(58)49-46-43-40-37-34-31-28-25-23-20-17-14-11-8-5-2/h8,11,14-15,17-18,20,23-26,28-31,34,36,39,52H,4-7,9-10,12-13,16,19,21-22,27,32-33,35,37-38,40-51H2,1-3H3/b11-8-,17-14-,18-15-,23-20-,26-24-,28-25-,30-29-,34-31-,39-36-. The van der Waals surface area contributed by atoms with E-state index in [0.717, 1.165) is 77.0 Å². The van der Waals surface area contributed by atoms with Crippen LogP contribution in [0.3, 0.4) is 0 Å². The molecule has 0 fully saturated rings. The molecule has 0 radical (unpaired) electrons. The summed E-state index contributed by atoms with van der Waals surface area (Å²) in [4.78, 5) is 37.8. The quantitative estimate of drug-likeness (QED) is 0.0200. The zero-order valence-corrected chi connectivity index (χ0v) is 39.1. The van der Waals surface area contributed by atoms with E-state index in [-0.39, 0.29) is 44.0 Å². The molecule has 0 rings (SSSR count). The molecule has 344 valence electrons. The number of hydrogen-bond acceptors (Lipinski definition) is 6. The fourth-order valence-corrected chi connectivity index (χ4v) is 6.16. The Morgan fingerprint density at radius 1 is 0.361 bits per heavy atom. The molecule has 0 aromatic heterocycles. The van der Waals surface area contributed by atoms with Crippen molar-refractivity contribution in [1.82, 2.24) is 0 Å². The lowest BCUT2D eigenvalue weighted by atomic mass is 10.1. The van der Waals surface area contributed by atoms with E-state index < -0.39 is 6.10 Å². The highest BCUT2D eigenvalue weighted by atomic mass is 16.6. The van der Waals surface area contributed by atoms with Crippen molar-refractivity contribution in [3.05, 3.63) is 109 Å². The monoisotopic (exact) mass is 845 g/mol. The van der Waals surface area contributed by atoms with Gasteiger partial charge < -0.3 is 14.2 Å². The maximum Gasteiger partial charge on any atom is 0.306 e. The molecule has 0 aromatic carbocycles. The maximum atomic E-state index is 12.7. The average Bonchev–Trinajstić information content (AvgIpc) is 3.26. The molecule has 0 aromatic rings. The van der Waals surface area contributed by atoms with Crippen molar-refractivity contribution in [1.29, 1.82) is 0 Å². The van der Waals surface area contributed by atoms with Gasteiger partial charge in [0.05, 0.1) is 0 Å². The van der Waals surface area contributed by atoms with Crippen LogP contribution in [0.1, 0.15) is 201 Å². The average molecular weight is 845 g/mol. The molecule has 1 atom stereocenters. The fourth-order valence-electron chi connectivity index (χ4n) is 6.16. The molecule has 61 heavy (non-hydrogen) atoms. The second kappa shape index (κ2) is 48.7. The Morgan fingerprint density at radius 2 is 0.738 bits per heavy atom. The second-order valence-electron chi connectivity index (χ2n) is 15.8. The van der Waals surface area contributed by atoms with Gasteiger partial charge in [0.15, 0.2) is 6.10 Å². The number of carbonyl (C=O) groups excluding carboxylic acids is 3. The highest BCUT2D eigenvalue weighted by Crippen LogP contribution is 2.12. The van der Waals surface area contributed by atoms with Gasteiger partial charge in [-0.2, -0.15) is 0 Å². The van der Waals surface area contributed by atoms with E-state index in [4.69, 9.17) is 14.2 Å². The minimum absolute atomic E-state index is 0.118. The Kier molecular flexibility index (Phi) is 45.6. The van der Waals surface area contributed by atoms with Crippen LogP contribution in [-0.2, 0) is 28.6 Å². The largest absolute Gasteiger partial charge is 0.462 e. The van der Waals surface area contributed by atoms with Crippen molar-refractivity contribution in [3.63, 3.8) is 0 Å². The van der Waals surface area contributed by atoms with Crippen LogP contribution >= 0.6 is 0 Å². The van der Waals surface area contributed by atoms with Crippen molar-refractivity contribution in [2.24, 2.45) is 0 Å². The molecular formula is C55H88O6. The van der Waals surface area contributed by atoms with Crippen LogP contribution in [0.2, 0.25) is 0 Å². The van der Waals surface area contributed by atoms with Gasteiger partial charge >= 0.3 is 17.9 Å². The first kappa shape index (κ1) is 57.1. The Labute approximate surface area is 374 Å². The summed E-state index contributed by atoms with van der Waals surface area (Å²) in [5.41, 5.74) is 0. The van der Waals surface area contributed by atoms with E-state index in [1.165, 1.54) is 70.6 Å². The molecule has 1 unspecified atom stereocenters. The Morgan fingerprint density at radius 3 is 1.30 bits per heavy atom. The third-order valence-electron chi connectivity index (χ3n) is 9.86. The summed E-state index contributed by atoms with van der Waals surface area (Å²) in [6.07, 6.45) is 65.0. The molecule has 6 heteroatoms. The van der Waals surface area contributed by atoms with E-state index in [2.05, 4.69) is 81.5 Å². The van der Waals surface area contributed by atoms with Crippen LogP contribution in [0.4, 0.5) is 0 Å². The number of esters is 3. The van der Waals surface area contributed by atoms with E-state index in [1.54, 1.807) is 0 Å². The van der Waals surface area contributed by atoms with Crippen LogP contribution in [0, 0.1) is 0 Å². The van der Waals surface area contributed by atoms with Gasteiger partial charge in [-0.1, -0.05) is 201 Å². The van der Waals surface area contributed by atoms with Crippen LogP contribution in [-0.4, -0.2) is 37.2 Å². The van der Waals surface area contributed by atoms with Gasteiger partial charge in [-0.25, -0.2) is 0 Å². The summed E-state index contributed by atoms with van der Waals surface area (Å²) < 4.78 is 16.7. The Hall–Kier alpha value is -3.93. The minimum Gasteiger partial charge on any atom is -0.462 e. The summed E-state index contributed by atoms with van der Waals surface area (Å²) >= 11 is 0. The normalized spacial score (nSPS) is 13.0. The molecule has 0 heterocycles. The molecule has 0 amide bonds. The zero-order valence-electron chi connectivity index (χ0n) is 39.1. The molecular weight excluding hydrogens is 757 g/mol. The lowest BCUT2D eigenvalue weighted by molar-refractivity contribution is -0.167. The first-order valence-electron chi connectivity index (χ1n) is 24.5. The van der Waals surface area contributed by atoms with E-state index in [9.17, 15) is 14.4 Å². The minimum atomic E-state index is -0.824. The molecule has 0 spiro atoms. The first-order chi connectivity index (χ1) is 30.0. The van der Waals surface area contributed by atoms with Gasteiger partial charge in [0.25, 0.3) is 0 Å². The third-order valence-corrected chi connectivity index (χ3v) is 9.86. The summed E-state index contributed by atoms with van der Waals surface area (Å²) in [5.74, 6) is -1.03. The fraction of sp³-hybridized carbons (Fsp3) is 0.618. The lowest BCUT2D eigenvalue weighted by Gasteiger charge is -2.18. The maximum absolute atomic E-state index is 12.7. The number of allylic oxidation sites excluding steroid dienone is 18. The van der Waals surface area contributed by atoms with Gasteiger partial charge in [-0.05, 0) is 89.9 Å². The summed E-state index contributed by atoms with van der Waals surface area (Å²) in [6.45, 7) is 6.34. The number of unbranched alkanes of at least 4 members (excludes halogenated alkanes) is 17. The number of rotatable bonds is 42. The topological polar surface area (TPSA) is 78.9 Å². The summed E-state index contributed by atoms with van der Waals surface area (Å²) in [7, 11) is 0.